The third kappa shape index (κ3) is 9.08. The van der Waals surface area contributed by atoms with Gasteiger partial charge in [0.1, 0.15) is 0 Å². The summed E-state index contributed by atoms with van der Waals surface area (Å²) < 4.78 is 0. The summed E-state index contributed by atoms with van der Waals surface area (Å²) >= 11 is 6.87. The molecular weight excluding hydrogens is 376 g/mol. The maximum absolute atomic E-state index is 9.23. The topological polar surface area (TPSA) is 99.6 Å². The second-order valence-electron chi connectivity index (χ2n) is 5.04. The van der Waals surface area contributed by atoms with E-state index < -0.39 is 0 Å². The van der Waals surface area contributed by atoms with Crippen LogP contribution in [0.15, 0.2) is 21.2 Å². The van der Waals surface area contributed by atoms with E-state index in [9.17, 15) is 10.5 Å². The molecule has 1 heterocycles. The van der Waals surface area contributed by atoms with Crippen molar-refractivity contribution >= 4 is 47.0 Å². The number of hydrogen-bond donors (Lipinski definition) is 2. The summed E-state index contributed by atoms with van der Waals surface area (Å²) in [5.74, 6) is 5.83. The first-order valence-corrected chi connectivity index (χ1v) is 12.2. The fourth-order valence-electron chi connectivity index (χ4n) is 1.97. The van der Waals surface area contributed by atoms with Crippen LogP contribution >= 0.6 is 47.0 Å². The summed E-state index contributed by atoms with van der Waals surface area (Å²) in [6.07, 6.45) is 3.43. The average molecular weight is 401 g/mol. The molecular formula is C16H24N4S4. The van der Waals surface area contributed by atoms with E-state index in [1.54, 1.807) is 23.5 Å². The zero-order chi connectivity index (χ0) is 17.6. The molecule has 0 atom stereocenters. The lowest BCUT2D eigenvalue weighted by atomic mass is 10.2. The third-order valence-corrected chi connectivity index (χ3v) is 7.85. The lowest BCUT2D eigenvalue weighted by molar-refractivity contribution is 0.933. The quantitative estimate of drug-likeness (QED) is 0.632. The molecule has 1 aliphatic rings. The van der Waals surface area contributed by atoms with Crippen LogP contribution in [-0.2, 0) is 0 Å². The van der Waals surface area contributed by atoms with Crippen LogP contribution in [0.3, 0.4) is 0 Å². The molecule has 0 aromatic heterocycles. The summed E-state index contributed by atoms with van der Waals surface area (Å²) in [6, 6.07) is 4.50. The summed E-state index contributed by atoms with van der Waals surface area (Å²) in [5, 5.41) is 19.8. The Balaban J connectivity index is 2.57. The van der Waals surface area contributed by atoms with E-state index in [0.29, 0.717) is 10.1 Å². The van der Waals surface area contributed by atoms with E-state index in [2.05, 4.69) is 12.1 Å². The standard InChI is InChI=1S/C16H24N4S4/c17-11-13-3-1-5-21-7-9-24-16(20)14(12-18)4-2-6-22-8-10-23-15(13)19/h1-10,19-20H2/b15-13-,16-14-. The van der Waals surface area contributed by atoms with Crippen molar-refractivity contribution in [2.45, 2.75) is 25.7 Å². The molecule has 0 bridgehead atoms. The molecule has 8 heteroatoms. The highest BCUT2D eigenvalue weighted by Gasteiger charge is 2.07. The van der Waals surface area contributed by atoms with Crippen molar-refractivity contribution in [3.05, 3.63) is 21.2 Å². The largest absolute Gasteiger partial charge is 0.393 e. The van der Waals surface area contributed by atoms with Crippen LogP contribution in [0.25, 0.3) is 0 Å². The maximum atomic E-state index is 9.23. The summed E-state index contributed by atoms with van der Waals surface area (Å²) in [7, 11) is 0. The molecule has 0 aromatic rings. The van der Waals surface area contributed by atoms with Crippen molar-refractivity contribution in [3.63, 3.8) is 0 Å². The van der Waals surface area contributed by atoms with Crippen LogP contribution in [0.1, 0.15) is 25.7 Å². The Morgan fingerprint density at radius 2 is 1.08 bits per heavy atom. The molecule has 24 heavy (non-hydrogen) atoms. The third-order valence-electron chi connectivity index (χ3n) is 3.27. The molecule has 0 fully saturated rings. The molecule has 0 amide bonds. The van der Waals surface area contributed by atoms with Gasteiger partial charge < -0.3 is 11.5 Å². The van der Waals surface area contributed by atoms with Gasteiger partial charge in [-0.25, -0.2) is 0 Å². The van der Waals surface area contributed by atoms with Crippen molar-refractivity contribution < 1.29 is 0 Å². The predicted molar refractivity (Wildman–Crippen MR) is 112 cm³/mol. The molecule has 1 rings (SSSR count). The van der Waals surface area contributed by atoms with Gasteiger partial charge in [-0.2, -0.15) is 34.0 Å². The van der Waals surface area contributed by atoms with Crippen LogP contribution < -0.4 is 11.5 Å². The van der Waals surface area contributed by atoms with Crippen LogP contribution in [0.4, 0.5) is 0 Å². The molecule has 0 aromatic carbocycles. The second-order valence-corrected chi connectivity index (χ2v) is 9.76. The molecule has 0 saturated carbocycles. The van der Waals surface area contributed by atoms with Gasteiger partial charge >= 0.3 is 0 Å². The van der Waals surface area contributed by atoms with Crippen LogP contribution in [0.2, 0.25) is 0 Å². The van der Waals surface area contributed by atoms with Gasteiger partial charge in [-0.15, -0.1) is 23.5 Å². The Morgan fingerprint density at radius 1 is 0.667 bits per heavy atom. The summed E-state index contributed by atoms with van der Waals surface area (Å²) in [5.41, 5.74) is 13.5. The van der Waals surface area contributed by atoms with Gasteiger partial charge in [0, 0.05) is 23.0 Å². The van der Waals surface area contributed by atoms with Crippen LogP contribution in [0.5, 0.6) is 0 Å². The Bertz CT molecular complexity index is 483. The summed E-state index contributed by atoms with van der Waals surface area (Å²) in [4.78, 5) is 0. The molecule has 132 valence electrons. The first-order valence-electron chi connectivity index (χ1n) is 7.87. The highest BCUT2D eigenvalue weighted by molar-refractivity contribution is 8.05. The van der Waals surface area contributed by atoms with Gasteiger partial charge in [-0.1, -0.05) is 0 Å². The minimum absolute atomic E-state index is 0.683. The number of nitrogens with two attached hydrogens (primary N) is 2. The number of nitriles is 2. The number of rotatable bonds is 0. The van der Waals surface area contributed by atoms with Gasteiger partial charge in [0.2, 0.25) is 0 Å². The van der Waals surface area contributed by atoms with E-state index in [1.165, 1.54) is 0 Å². The fourth-order valence-corrected chi connectivity index (χ4v) is 5.77. The lowest BCUT2D eigenvalue weighted by Crippen LogP contribution is -2.02. The molecule has 0 spiro atoms. The molecule has 0 saturated heterocycles. The first-order chi connectivity index (χ1) is 11.7. The molecule has 4 nitrogen and oxygen atoms in total. The Morgan fingerprint density at radius 3 is 1.46 bits per heavy atom. The monoisotopic (exact) mass is 400 g/mol. The fraction of sp³-hybridized carbons (Fsp3) is 0.625. The van der Waals surface area contributed by atoms with E-state index in [1.807, 2.05) is 23.5 Å². The van der Waals surface area contributed by atoms with E-state index >= 15 is 0 Å². The average Bonchev–Trinajstić information content (AvgIpc) is 2.58. The molecule has 0 aliphatic carbocycles. The van der Waals surface area contributed by atoms with Crippen LogP contribution in [0, 0.1) is 22.7 Å². The minimum atomic E-state index is 0.683. The van der Waals surface area contributed by atoms with Crippen LogP contribution in [-0.4, -0.2) is 34.5 Å². The van der Waals surface area contributed by atoms with Gasteiger partial charge in [-0.05, 0) is 37.2 Å². The molecule has 0 unspecified atom stereocenters. The van der Waals surface area contributed by atoms with Crippen molar-refractivity contribution in [3.8, 4) is 12.1 Å². The highest BCUT2D eigenvalue weighted by atomic mass is 32.2. The van der Waals surface area contributed by atoms with E-state index in [0.717, 1.165) is 71.3 Å². The van der Waals surface area contributed by atoms with Gasteiger partial charge in [-0.3, -0.25) is 0 Å². The lowest BCUT2D eigenvalue weighted by Gasteiger charge is -2.08. The minimum Gasteiger partial charge on any atom is -0.393 e. The normalized spacial score (nSPS) is 26.6. The molecule has 0 radical (unpaired) electrons. The Labute approximate surface area is 162 Å². The number of hydrogen-bond acceptors (Lipinski definition) is 8. The SMILES string of the molecule is N#C/C1=C(/N)SCCSCCC/C(C#N)=C(\N)SCCSCCC1. The number of thioether (sulfide) groups is 4. The molecule has 4 N–H and O–H groups in total. The smallest absolute Gasteiger partial charge is 0.0974 e. The number of nitrogens with zero attached hydrogens (tertiary/aromatic N) is 2. The summed E-state index contributed by atoms with van der Waals surface area (Å²) in [6.45, 7) is 0. The Kier molecular flexibility index (Phi) is 12.3. The van der Waals surface area contributed by atoms with Gasteiger partial charge in [0.25, 0.3) is 0 Å². The van der Waals surface area contributed by atoms with E-state index in [-0.39, 0.29) is 0 Å². The van der Waals surface area contributed by atoms with Gasteiger partial charge in [0.05, 0.1) is 33.3 Å². The van der Waals surface area contributed by atoms with Crippen molar-refractivity contribution in [1.29, 1.82) is 10.5 Å². The zero-order valence-corrected chi connectivity index (χ0v) is 17.0. The van der Waals surface area contributed by atoms with E-state index in [4.69, 9.17) is 11.5 Å². The van der Waals surface area contributed by atoms with Gasteiger partial charge in [0.15, 0.2) is 0 Å². The second kappa shape index (κ2) is 13.7. The highest BCUT2D eigenvalue weighted by Crippen LogP contribution is 2.23. The zero-order valence-electron chi connectivity index (χ0n) is 13.8. The maximum Gasteiger partial charge on any atom is 0.0974 e. The van der Waals surface area contributed by atoms with Crippen molar-refractivity contribution in [1.82, 2.24) is 0 Å². The Hall–Kier alpha value is -0.540. The predicted octanol–water partition coefficient (Wildman–Crippen LogP) is 3.88. The number of allylic oxidation sites excluding steroid dienone is 2. The van der Waals surface area contributed by atoms with Crippen molar-refractivity contribution in [2.24, 2.45) is 11.5 Å². The van der Waals surface area contributed by atoms with Crippen molar-refractivity contribution in [2.75, 3.05) is 34.5 Å². The molecule has 1 aliphatic heterocycles. The first kappa shape index (κ1) is 21.5.